The Labute approximate surface area is 121 Å². The van der Waals surface area contributed by atoms with Crippen LogP contribution in [-0.4, -0.2) is 43.2 Å². The van der Waals surface area contributed by atoms with Crippen LogP contribution in [0.2, 0.25) is 0 Å². The number of carbonyl (C=O) groups excluding carboxylic acids is 1. The van der Waals surface area contributed by atoms with E-state index >= 15 is 0 Å². The fraction of sp³-hybridized carbons (Fsp3) is 0.500. The summed E-state index contributed by atoms with van der Waals surface area (Å²) >= 11 is 3.42. The molecule has 2 amide bonds. The molecule has 4 nitrogen and oxygen atoms in total. The lowest BCUT2D eigenvalue weighted by atomic mass is 10.1. The fourth-order valence-corrected chi connectivity index (χ4v) is 3.14. The molecule has 0 unspecified atom stereocenters. The molecule has 1 N–H and O–H groups in total. The van der Waals surface area contributed by atoms with E-state index in [1.807, 2.05) is 34.1 Å². The molecule has 2 heterocycles. The van der Waals surface area contributed by atoms with Crippen LogP contribution in [-0.2, 0) is 0 Å². The second-order valence-corrected chi connectivity index (χ2v) is 6.00. The molecule has 102 valence electrons. The van der Waals surface area contributed by atoms with Crippen LogP contribution in [0.1, 0.15) is 12.8 Å². The summed E-state index contributed by atoms with van der Waals surface area (Å²) in [5.74, 6) is 0. The lowest BCUT2D eigenvalue weighted by molar-refractivity contribution is 0.185. The van der Waals surface area contributed by atoms with E-state index in [-0.39, 0.29) is 6.03 Å². The van der Waals surface area contributed by atoms with Crippen molar-refractivity contribution in [2.75, 3.05) is 31.1 Å². The van der Waals surface area contributed by atoms with E-state index in [1.165, 1.54) is 0 Å². The second-order valence-electron chi connectivity index (χ2n) is 5.09. The summed E-state index contributed by atoms with van der Waals surface area (Å²) in [5, 5.41) is 3.35. The van der Waals surface area contributed by atoms with Crippen molar-refractivity contribution in [2.24, 2.45) is 0 Å². The van der Waals surface area contributed by atoms with Crippen molar-refractivity contribution in [1.29, 1.82) is 0 Å². The second kappa shape index (κ2) is 5.51. The minimum absolute atomic E-state index is 0.161. The molecule has 0 radical (unpaired) electrons. The summed E-state index contributed by atoms with van der Waals surface area (Å²) in [6.07, 6.45) is 2.14. The number of hydrogen-bond acceptors (Lipinski definition) is 2. The molecule has 1 aromatic carbocycles. The zero-order chi connectivity index (χ0) is 13.2. The normalized spacial score (nSPS) is 21.2. The number of nitrogens with one attached hydrogen (secondary N) is 1. The maximum absolute atomic E-state index is 12.5. The summed E-state index contributed by atoms with van der Waals surface area (Å²) in [7, 11) is 0. The highest BCUT2D eigenvalue weighted by Gasteiger charge is 2.34. The Balaban J connectivity index is 1.72. The van der Waals surface area contributed by atoms with Crippen LogP contribution in [0.3, 0.4) is 0 Å². The van der Waals surface area contributed by atoms with Gasteiger partial charge in [-0.05, 0) is 50.2 Å². The predicted molar refractivity (Wildman–Crippen MR) is 79.5 cm³/mol. The topological polar surface area (TPSA) is 35.6 Å². The number of carbonyl (C=O) groups is 1. The Kier molecular flexibility index (Phi) is 3.75. The van der Waals surface area contributed by atoms with E-state index < -0.39 is 0 Å². The number of hydrogen-bond donors (Lipinski definition) is 1. The van der Waals surface area contributed by atoms with Crippen LogP contribution in [0.25, 0.3) is 0 Å². The third-order valence-electron chi connectivity index (χ3n) is 3.93. The van der Waals surface area contributed by atoms with Gasteiger partial charge in [-0.2, -0.15) is 0 Å². The van der Waals surface area contributed by atoms with Crippen molar-refractivity contribution in [2.45, 2.75) is 18.9 Å². The van der Waals surface area contributed by atoms with E-state index in [4.69, 9.17) is 0 Å². The Bertz CT molecular complexity index is 456. The van der Waals surface area contributed by atoms with Gasteiger partial charge in [0.25, 0.3) is 0 Å². The number of halogens is 1. The van der Waals surface area contributed by atoms with Gasteiger partial charge in [0.1, 0.15) is 0 Å². The quantitative estimate of drug-likeness (QED) is 0.907. The van der Waals surface area contributed by atoms with E-state index in [0.717, 1.165) is 49.2 Å². The van der Waals surface area contributed by atoms with Crippen molar-refractivity contribution in [3.05, 3.63) is 28.7 Å². The molecule has 19 heavy (non-hydrogen) atoms. The van der Waals surface area contributed by atoms with E-state index in [9.17, 15) is 4.79 Å². The highest BCUT2D eigenvalue weighted by Crippen LogP contribution is 2.25. The highest BCUT2D eigenvalue weighted by molar-refractivity contribution is 9.10. The summed E-state index contributed by atoms with van der Waals surface area (Å²) in [4.78, 5) is 16.4. The minimum atomic E-state index is 0.161. The Morgan fingerprint density at radius 1 is 1.11 bits per heavy atom. The van der Waals surface area contributed by atoms with Crippen LogP contribution in [0.15, 0.2) is 28.7 Å². The maximum atomic E-state index is 12.5. The van der Waals surface area contributed by atoms with Crippen LogP contribution in [0, 0.1) is 0 Å². The van der Waals surface area contributed by atoms with Crippen molar-refractivity contribution in [1.82, 2.24) is 10.2 Å². The average Bonchev–Trinajstić information content (AvgIpc) is 2.83. The molecule has 0 saturated carbocycles. The highest BCUT2D eigenvalue weighted by atomic mass is 79.9. The monoisotopic (exact) mass is 323 g/mol. The van der Waals surface area contributed by atoms with Gasteiger partial charge in [0.05, 0.1) is 0 Å². The van der Waals surface area contributed by atoms with Crippen molar-refractivity contribution in [3.63, 3.8) is 0 Å². The molecule has 0 atom stereocenters. The van der Waals surface area contributed by atoms with Gasteiger partial charge in [-0.3, -0.25) is 4.90 Å². The summed E-state index contributed by atoms with van der Waals surface area (Å²) in [6, 6.07) is 8.52. The molecule has 0 bridgehead atoms. The molecular formula is C14H18BrN3O. The van der Waals surface area contributed by atoms with Crippen LogP contribution < -0.4 is 10.2 Å². The van der Waals surface area contributed by atoms with Gasteiger partial charge in [-0.25, -0.2) is 4.79 Å². The first kappa shape index (κ1) is 12.9. The summed E-state index contributed by atoms with van der Waals surface area (Å²) in [5.41, 5.74) is 0.990. The lowest BCUT2D eigenvalue weighted by Crippen LogP contribution is -2.45. The summed E-state index contributed by atoms with van der Waals surface area (Å²) in [6.45, 7) is 3.68. The third kappa shape index (κ3) is 2.62. The van der Waals surface area contributed by atoms with Gasteiger partial charge < -0.3 is 10.2 Å². The van der Waals surface area contributed by atoms with Gasteiger partial charge in [-0.15, -0.1) is 0 Å². The van der Waals surface area contributed by atoms with E-state index in [1.54, 1.807) is 0 Å². The first-order valence-electron chi connectivity index (χ1n) is 6.80. The first-order chi connectivity index (χ1) is 9.25. The van der Waals surface area contributed by atoms with Gasteiger partial charge >= 0.3 is 6.03 Å². The number of rotatable bonds is 2. The fourth-order valence-electron chi connectivity index (χ4n) is 2.87. The minimum Gasteiger partial charge on any atom is -0.319 e. The van der Waals surface area contributed by atoms with Crippen molar-refractivity contribution < 1.29 is 4.79 Å². The van der Waals surface area contributed by atoms with E-state index in [0.29, 0.717) is 6.04 Å². The van der Waals surface area contributed by atoms with Crippen LogP contribution >= 0.6 is 15.9 Å². The number of piperidine rings is 1. The van der Waals surface area contributed by atoms with E-state index in [2.05, 4.69) is 21.2 Å². The van der Waals surface area contributed by atoms with Gasteiger partial charge in [0.2, 0.25) is 0 Å². The molecule has 2 fully saturated rings. The molecule has 0 aromatic heterocycles. The smallest absolute Gasteiger partial charge is 0.319 e. The van der Waals surface area contributed by atoms with Gasteiger partial charge in [0, 0.05) is 29.3 Å². The average molecular weight is 324 g/mol. The number of anilines is 1. The zero-order valence-electron chi connectivity index (χ0n) is 10.8. The molecule has 3 rings (SSSR count). The van der Waals surface area contributed by atoms with Gasteiger partial charge in [0.15, 0.2) is 0 Å². The molecule has 0 spiro atoms. The molecule has 2 saturated heterocycles. The Hall–Kier alpha value is -1.07. The van der Waals surface area contributed by atoms with Crippen molar-refractivity contribution >= 4 is 27.6 Å². The standard InChI is InChI=1S/C14H18BrN3O/c15-11-1-3-12(4-2-11)17-9-10-18(14(17)19)13-5-7-16-8-6-13/h1-4,13,16H,5-10H2. The number of amides is 2. The van der Waals surface area contributed by atoms with Crippen LogP contribution in [0.5, 0.6) is 0 Å². The maximum Gasteiger partial charge on any atom is 0.324 e. The molecule has 2 aliphatic rings. The molecule has 5 heteroatoms. The number of benzene rings is 1. The molecule has 0 aliphatic carbocycles. The third-order valence-corrected chi connectivity index (χ3v) is 4.46. The largest absolute Gasteiger partial charge is 0.324 e. The number of nitrogens with zero attached hydrogens (tertiary/aromatic N) is 2. The van der Waals surface area contributed by atoms with Gasteiger partial charge in [-0.1, -0.05) is 15.9 Å². The lowest BCUT2D eigenvalue weighted by Gasteiger charge is -2.31. The zero-order valence-corrected chi connectivity index (χ0v) is 12.4. The number of urea groups is 1. The SMILES string of the molecule is O=C1N(c2ccc(Br)cc2)CCN1C1CCNCC1. The Morgan fingerprint density at radius 3 is 2.47 bits per heavy atom. The van der Waals surface area contributed by atoms with Crippen molar-refractivity contribution in [3.8, 4) is 0 Å². The first-order valence-corrected chi connectivity index (χ1v) is 7.59. The summed E-state index contributed by atoms with van der Waals surface area (Å²) < 4.78 is 1.04. The predicted octanol–water partition coefficient (Wildman–Crippen LogP) is 2.44. The Morgan fingerprint density at radius 2 is 1.79 bits per heavy atom. The molecule has 1 aromatic rings. The van der Waals surface area contributed by atoms with Crippen LogP contribution in [0.4, 0.5) is 10.5 Å². The molecule has 2 aliphatic heterocycles. The molecular weight excluding hydrogens is 306 g/mol.